The molecule has 5 aromatic rings. The van der Waals surface area contributed by atoms with Crippen molar-refractivity contribution in [2.75, 3.05) is 0 Å². The maximum Gasteiger partial charge on any atom is 0.197 e. The molecule has 0 radical (unpaired) electrons. The first-order chi connectivity index (χ1) is 13.8. The van der Waals surface area contributed by atoms with E-state index in [-0.39, 0.29) is 0 Å². The average molecular weight is 383 g/mol. The number of aromatic nitrogens is 4. The highest BCUT2D eigenvalue weighted by Gasteiger charge is 2.18. The first kappa shape index (κ1) is 16.5. The summed E-state index contributed by atoms with van der Waals surface area (Å²) in [6.45, 7) is 0. The Kier molecular flexibility index (Phi) is 4.04. The van der Waals surface area contributed by atoms with Crippen LogP contribution in [0.15, 0.2) is 76.5 Å². The molecule has 0 N–H and O–H groups in total. The molecule has 134 valence electrons. The summed E-state index contributed by atoms with van der Waals surface area (Å²) < 4.78 is 7.54. The number of nitrogens with zero attached hydrogens (tertiary/aromatic N) is 5. The summed E-state index contributed by atoms with van der Waals surface area (Å²) in [6.07, 6.45) is 1.63. The normalized spacial score (nSPS) is 11.1. The Bertz CT molecular complexity index is 1330. The summed E-state index contributed by atoms with van der Waals surface area (Å²) in [5, 5.41) is 19.6. The molecule has 5 rings (SSSR count). The van der Waals surface area contributed by atoms with Crippen LogP contribution in [0.25, 0.3) is 28.1 Å². The lowest BCUT2D eigenvalue weighted by Gasteiger charge is -2.07. The van der Waals surface area contributed by atoms with Crippen molar-refractivity contribution in [3.8, 4) is 17.7 Å². The molecule has 0 saturated carbocycles. The topological polar surface area (TPSA) is 80.0 Å². The molecular formula is C21H13N5OS. The lowest BCUT2D eigenvalue weighted by molar-refractivity contribution is 0.575. The maximum atomic E-state index is 9.10. The Hall–Kier alpha value is -3.63. The molecule has 0 bridgehead atoms. The van der Waals surface area contributed by atoms with Crippen LogP contribution < -0.4 is 0 Å². The van der Waals surface area contributed by atoms with Crippen LogP contribution in [0.5, 0.6) is 0 Å². The molecule has 3 heterocycles. The van der Waals surface area contributed by atoms with E-state index in [4.69, 9.17) is 14.7 Å². The molecule has 7 heteroatoms. The van der Waals surface area contributed by atoms with Gasteiger partial charge in [0.05, 0.1) is 23.4 Å². The average Bonchev–Trinajstić information content (AvgIpc) is 3.42. The monoisotopic (exact) mass is 383 g/mol. The van der Waals surface area contributed by atoms with E-state index in [2.05, 4.69) is 16.3 Å². The minimum atomic E-state index is 0.646. The lowest BCUT2D eigenvalue weighted by Crippen LogP contribution is -1.99. The SMILES string of the molecule is N#Cc1cccc(CSc2nnc3c4ccccc4nc(-c4ccco4)n23)c1. The molecule has 0 saturated heterocycles. The van der Waals surface area contributed by atoms with Crippen molar-refractivity contribution in [1.82, 2.24) is 19.6 Å². The predicted octanol–water partition coefficient (Wildman–Crippen LogP) is 4.70. The van der Waals surface area contributed by atoms with E-state index < -0.39 is 0 Å². The van der Waals surface area contributed by atoms with E-state index in [1.54, 1.807) is 24.1 Å². The molecule has 0 unspecified atom stereocenters. The lowest BCUT2D eigenvalue weighted by atomic mass is 10.2. The number of para-hydroxylation sites is 1. The van der Waals surface area contributed by atoms with E-state index >= 15 is 0 Å². The molecule has 0 aliphatic carbocycles. The van der Waals surface area contributed by atoms with Crippen LogP contribution in [0, 0.1) is 11.3 Å². The number of thioether (sulfide) groups is 1. The third-order valence-corrected chi connectivity index (χ3v) is 5.38. The van der Waals surface area contributed by atoms with Gasteiger partial charge in [0, 0.05) is 11.1 Å². The van der Waals surface area contributed by atoms with Gasteiger partial charge in [0.2, 0.25) is 0 Å². The second kappa shape index (κ2) is 6.83. The summed E-state index contributed by atoms with van der Waals surface area (Å²) in [5.41, 5.74) is 3.28. The minimum absolute atomic E-state index is 0.646. The number of fused-ring (bicyclic) bond motifs is 3. The fourth-order valence-corrected chi connectivity index (χ4v) is 3.98. The van der Waals surface area contributed by atoms with Crippen LogP contribution in [-0.2, 0) is 5.75 Å². The Balaban J connectivity index is 1.63. The molecule has 0 amide bonds. The van der Waals surface area contributed by atoms with Crippen molar-refractivity contribution in [3.05, 3.63) is 78.1 Å². The number of hydrogen-bond donors (Lipinski definition) is 0. The molecule has 0 fully saturated rings. The molecule has 2 aromatic carbocycles. The number of hydrogen-bond acceptors (Lipinski definition) is 6. The molecule has 28 heavy (non-hydrogen) atoms. The largest absolute Gasteiger partial charge is 0.461 e. The highest BCUT2D eigenvalue weighted by Crippen LogP contribution is 2.30. The van der Waals surface area contributed by atoms with Gasteiger partial charge in [0.15, 0.2) is 22.4 Å². The molecule has 0 aliphatic rings. The van der Waals surface area contributed by atoms with Gasteiger partial charge < -0.3 is 4.42 Å². The van der Waals surface area contributed by atoms with Crippen molar-refractivity contribution >= 4 is 28.3 Å². The third-order valence-electron chi connectivity index (χ3n) is 4.38. The summed E-state index contributed by atoms with van der Waals surface area (Å²) >= 11 is 1.55. The Morgan fingerprint density at radius 1 is 1.04 bits per heavy atom. The van der Waals surface area contributed by atoms with Crippen molar-refractivity contribution in [2.45, 2.75) is 10.9 Å². The fraction of sp³-hybridized carbons (Fsp3) is 0.0476. The van der Waals surface area contributed by atoms with Crippen molar-refractivity contribution < 1.29 is 4.42 Å². The van der Waals surface area contributed by atoms with E-state index in [1.807, 2.05) is 59.0 Å². The highest BCUT2D eigenvalue weighted by atomic mass is 32.2. The zero-order valence-corrected chi connectivity index (χ0v) is 15.4. The van der Waals surface area contributed by atoms with Gasteiger partial charge in [-0.25, -0.2) is 4.98 Å². The second-order valence-corrected chi connectivity index (χ2v) is 7.11. The van der Waals surface area contributed by atoms with Gasteiger partial charge in [0.1, 0.15) is 0 Å². The standard InChI is InChI=1S/C21H13N5OS/c22-12-14-5-3-6-15(11-14)13-28-21-25-24-19-16-7-1-2-8-17(16)23-20(26(19)21)18-9-4-10-27-18/h1-11H,13H2. The van der Waals surface area contributed by atoms with E-state index in [1.165, 1.54) is 0 Å². The Morgan fingerprint density at radius 3 is 2.82 bits per heavy atom. The van der Waals surface area contributed by atoms with Crippen LogP contribution >= 0.6 is 11.8 Å². The summed E-state index contributed by atoms with van der Waals surface area (Å²) in [4.78, 5) is 4.79. The van der Waals surface area contributed by atoms with Gasteiger partial charge in [-0.15, -0.1) is 10.2 Å². The van der Waals surface area contributed by atoms with Crippen LogP contribution in [0.4, 0.5) is 0 Å². The van der Waals surface area contributed by atoms with E-state index in [0.717, 1.165) is 27.3 Å². The molecule has 6 nitrogen and oxygen atoms in total. The fourth-order valence-electron chi connectivity index (χ4n) is 3.10. The number of rotatable bonds is 4. The number of furan rings is 1. The van der Waals surface area contributed by atoms with Gasteiger partial charge in [-0.2, -0.15) is 5.26 Å². The highest BCUT2D eigenvalue weighted by molar-refractivity contribution is 7.98. The third kappa shape index (κ3) is 2.80. The predicted molar refractivity (Wildman–Crippen MR) is 107 cm³/mol. The first-order valence-corrected chi connectivity index (χ1v) is 9.61. The van der Waals surface area contributed by atoms with Crippen molar-refractivity contribution in [3.63, 3.8) is 0 Å². The van der Waals surface area contributed by atoms with Crippen LogP contribution in [0.2, 0.25) is 0 Å². The number of benzene rings is 2. The van der Waals surface area contributed by atoms with Crippen molar-refractivity contribution in [2.24, 2.45) is 0 Å². The van der Waals surface area contributed by atoms with E-state index in [0.29, 0.717) is 22.9 Å². The van der Waals surface area contributed by atoms with Crippen LogP contribution in [0.1, 0.15) is 11.1 Å². The number of nitriles is 1. The zero-order valence-electron chi connectivity index (χ0n) is 14.6. The minimum Gasteiger partial charge on any atom is -0.461 e. The Morgan fingerprint density at radius 2 is 1.96 bits per heavy atom. The molecule has 3 aromatic heterocycles. The molecule has 0 aliphatic heterocycles. The van der Waals surface area contributed by atoms with Gasteiger partial charge >= 0.3 is 0 Å². The van der Waals surface area contributed by atoms with Gasteiger partial charge in [0.25, 0.3) is 0 Å². The quantitative estimate of drug-likeness (QED) is 0.419. The van der Waals surface area contributed by atoms with Crippen LogP contribution in [0.3, 0.4) is 0 Å². The smallest absolute Gasteiger partial charge is 0.197 e. The van der Waals surface area contributed by atoms with Crippen molar-refractivity contribution in [1.29, 1.82) is 5.26 Å². The van der Waals surface area contributed by atoms with Gasteiger partial charge in [-0.05, 0) is 42.0 Å². The van der Waals surface area contributed by atoms with Gasteiger partial charge in [-0.1, -0.05) is 36.0 Å². The maximum absolute atomic E-state index is 9.10. The second-order valence-electron chi connectivity index (χ2n) is 6.17. The summed E-state index contributed by atoms with van der Waals surface area (Å²) in [6, 6.07) is 21.3. The summed E-state index contributed by atoms with van der Waals surface area (Å²) in [7, 11) is 0. The molecule has 0 spiro atoms. The molecule has 0 atom stereocenters. The van der Waals surface area contributed by atoms with Crippen LogP contribution in [-0.4, -0.2) is 19.6 Å². The zero-order chi connectivity index (χ0) is 18.9. The first-order valence-electron chi connectivity index (χ1n) is 8.63. The Labute approximate surface area is 164 Å². The summed E-state index contributed by atoms with van der Waals surface area (Å²) in [5.74, 6) is 1.99. The van der Waals surface area contributed by atoms with E-state index in [9.17, 15) is 0 Å². The van der Waals surface area contributed by atoms with Gasteiger partial charge in [-0.3, -0.25) is 4.40 Å². The molecular weight excluding hydrogens is 370 g/mol.